The molecule has 0 aliphatic heterocycles. The molecule has 0 bridgehead atoms. The van der Waals surface area contributed by atoms with Gasteiger partial charge in [0.1, 0.15) is 11.5 Å². The first kappa shape index (κ1) is 10.8. The van der Waals surface area contributed by atoms with Crippen molar-refractivity contribution in [3.8, 4) is 0 Å². The summed E-state index contributed by atoms with van der Waals surface area (Å²) in [6.45, 7) is 3.72. The molecule has 0 spiro atoms. The van der Waals surface area contributed by atoms with Crippen molar-refractivity contribution in [1.82, 2.24) is 4.98 Å². The number of hydrogen-bond donors (Lipinski definition) is 2. The lowest BCUT2D eigenvalue weighted by Crippen LogP contribution is -2.17. The number of nitrogens with one attached hydrogen (secondary N) is 1. The maximum atomic E-state index is 13.1. The van der Waals surface area contributed by atoms with E-state index in [2.05, 4.69) is 10.3 Å². The van der Waals surface area contributed by atoms with Crippen molar-refractivity contribution in [2.24, 2.45) is 0 Å². The van der Waals surface area contributed by atoms with Crippen molar-refractivity contribution in [2.45, 2.75) is 25.9 Å². The maximum absolute atomic E-state index is 13.1. The highest BCUT2D eigenvalue weighted by molar-refractivity contribution is 5.45. The SMILES string of the molecule is CC(C)(F)CCNc1ccc(N)nc1. The molecule has 0 atom stereocenters. The summed E-state index contributed by atoms with van der Waals surface area (Å²) < 4.78 is 13.1. The van der Waals surface area contributed by atoms with E-state index < -0.39 is 5.67 Å². The molecular weight excluding hydrogens is 181 g/mol. The van der Waals surface area contributed by atoms with E-state index in [4.69, 9.17) is 5.73 Å². The molecule has 0 fully saturated rings. The molecular formula is C10H16FN3. The molecule has 1 rings (SSSR count). The summed E-state index contributed by atoms with van der Waals surface area (Å²) in [7, 11) is 0. The first-order valence-corrected chi connectivity index (χ1v) is 4.62. The van der Waals surface area contributed by atoms with Crippen LogP contribution in [0, 0.1) is 0 Å². The molecule has 14 heavy (non-hydrogen) atoms. The van der Waals surface area contributed by atoms with E-state index in [1.165, 1.54) is 0 Å². The average Bonchev–Trinajstić information content (AvgIpc) is 2.06. The lowest BCUT2D eigenvalue weighted by atomic mass is 10.1. The summed E-state index contributed by atoms with van der Waals surface area (Å²) in [5, 5.41) is 3.07. The third kappa shape index (κ3) is 4.07. The van der Waals surface area contributed by atoms with E-state index in [9.17, 15) is 4.39 Å². The minimum absolute atomic E-state index is 0.470. The van der Waals surface area contributed by atoms with E-state index in [1.54, 1.807) is 26.1 Å². The Balaban J connectivity index is 2.35. The average molecular weight is 197 g/mol. The highest BCUT2D eigenvalue weighted by Gasteiger charge is 2.13. The van der Waals surface area contributed by atoms with Crippen molar-refractivity contribution in [2.75, 3.05) is 17.6 Å². The van der Waals surface area contributed by atoms with Crippen molar-refractivity contribution >= 4 is 11.5 Å². The molecule has 0 aliphatic rings. The van der Waals surface area contributed by atoms with Gasteiger partial charge in [0.05, 0.1) is 11.9 Å². The Morgan fingerprint density at radius 2 is 2.21 bits per heavy atom. The Morgan fingerprint density at radius 3 is 2.71 bits per heavy atom. The van der Waals surface area contributed by atoms with Crippen LogP contribution in [0.25, 0.3) is 0 Å². The van der Waals surface area contributed by atoms with E-state index in [-0.39, 0.29) is 0 Å². The molecule has 0 radical (unpaired) electrons. The monoisotopic (exact) mass is 197 g/mol. The molecule has 0 aromatic carbocycles. The summed E-state index contributed by atoms with van der Waals surface area (Å²) in [6.07, 6.45) is 2.11. The topological polar surface area (TPSA) is 50.9 Å². The number of aromatic nitrogens is 1. The number of hydrogen-bond acceptors (Lipinski definition) is 3. The van der Waals surface area contributed by atoms with Gasteiger partial charge in [0.2, 0.25) is 0 Å². The summed E-state index contributed by atoms with van der Waals surface area (Å²) in [4.78, 5) is 3.92. The second-order valence-electron chi connectivity index (χ2n) is 3.87. The Hall–Kier alpha value is -1.32. The summed E-state index contributed by atoms with van der Waals surface area (Å²) in [5.74, 6) is 0.487. The van der Waals surface area contributed by atoms with Crippen LogP contribution in [-0.4, -0.2) is 17.2 Å². The van der Waals surface area contributed by atoms with Crippen LogP contribution in [0.15, 0.2) is 18.3 Å². The van der Waals surface area contributed by atoms with Gasteiger partial charge >= 0.3 is 0 Å². The molecule has 1 aromatic heterocycles. The van der Waals surface area contributed by atoms with Crippen molar-refractivity contribution in [3.05, 3.63) is 18.3 Å². The Morgan fingerprint density at radius 1 is 1.50 bits per heavy atom. The van der Waals surface area contributed by atoms with Crippen LogP contribution in [0.3, 0.4) is 0 Å². The first-order valence-electron chi connectivity index (χ1n) is 4.62. The Kier molecular flexibility index (Phi) is 3.28. The maximum Gasteiger partial charge on any atom is 0.123 e. The van der Waals surface area contributed by atoms with Gasteiger partial charge in [0.25, 0.3) is 0 Å². The van der Waals surface area contributed by atoms with Gasteiger partial charge in [0.15, 0.2) is 0 Å². The number of nitrogens with two attached hydrogens (primary N) is 1. The zero-order valence-electron chi connectivity index (χ0n) is 8.55. The van der Waals surface area contributed by atoms with Crippen molar-refractivity contribution < 1.29 is 4.39 Å². The third-order valence-electron chi connectivity index (χ3n) is 1.83. The summed E-state index contributed by atoms with van der Waals surface area (Å²) in [6, 6.07) is 3.54. The molecule has 0 unspecified atom stereocenters. The lowest BCUT2D eigenvalue weighted by Gasteiger charge is -2.14. The Bertz CT molecular complexity index is 276. The third-order valence-corrected chi connectivity index (χ3v) is 1.83. The first-order chi connectivity index (χ1) is 6.47. The van der Waals surface area contributed by atoms with E-state index in [0.29, 0.717) is 18.8 Å². The normalized spacial score (nSPS) is 11.4. The van der Waals surface area contributed by atoms with E-state index >= 15 is 0 Å². The largest absolute Gasteiger partial charge is 0.384 e. The number of pyridine rings is 1. The minimum Gasteiger partial charge on any atom is -0.384 e. The minimum atomic E-state index is -1.13. The highest BCUT2D eigenvalue weighted by atomic mass is 19.1. The van der Waals surface area contributed by atoms with Gasteiger partial charge in [-0.25, -0.2) is 9.37 Å². The quantitative estimate of drug-likeness (QED) is 0.778. The van der Waals surface area contributed by atoms with E-state index in [0.717, 1.165) is 5.69 Å². The zero-order valence-corrected chi connectivity index (χ0v) is 8.55. The van der Waals surface area contributed by atoms with Crippen LogP contribution >= 0.6 is 0 Å². The number of rotatable bonds is 4. The van der Waals surface area contributed by atoms with Gasteiger partial charge in [-0.3, -0.25) is 0 Å². The second kappa shape index (κ2) is 4.26. The Labute approximate surface area is 83.5 Å². The molecule has 3 nitrogen and oxygen atoms in total. The van der Waals surface area contributed by atoms with Crippen LogP contribution in [0.5, 0.6) is 0 Å². The molecule has 3 N–H and O–H groups in total. The molecule has 4 heteroatoms. The second-order valence-corrected chi connectivity index (χ2v) is 3.87. The van der Waals surface area contributed by atoms with Crippen LogP contribution in [-0.2, 0) is 0 Å². The molecule has 0 saturated carbocycles. The standard InChI is InChI=1S/C10H16FN3/c1-10(2,11)5-6-13-8-3-4-9(12)14-7-8/h3-4,7,13H,5-6H2,1-2H3,(H2,12,14). The smallest absolute Gasteiger partial charge is 0.123 e. The molecule has 0 amide bonds. The number of alkyl halides is 1. The fourth-order valence-corrected chi connectivity index (χ4v) is 1.01. The van der Waals surface area contributed by atoms with Gasteiger partial charge in [0, 0.05) is 6.54 Å². The van der Waals surface area contributed by atoms with E-state index in [1.807, 2.05) is 6.07 Å². The highest BCUT2D eigenvalue weighted by Crippen LogP contribution is 2.14. The predicted octanol–water partition coefficient (Wildman–Crippen LogP) is 2.21. The van der Waals surface area contributed by atoms with Crippen LogP contribution < -0.4 is 11.1 Å². The van der Waals surface area contributed by atoms with Crippen molar-refractivity contribution in [1.29, 1.82) is 0 Å². The summed E-state index contributed by atoms with van der Waals surface area (Å²) in [5.41, 5.74) is 5.16. The van der Waals surface area contributed by atoms with Crippen LogP contribution in [0.4, 0.5) is 15.9 Å². The van der Waals surface area contributed by atoms with Gasteiger partial charge in [-0.2, -0.15) is 0 Å². The molecule has 78 valence electrons. The van der Waals surface area contributed by atoms with Gasteiger partial charge < -0.3 is 11.1 Å². The number of nitrogen functional groups attached to an aromatic ring is 1. The fourth-order valence-electron chi connectivity index (χ4n) is 1.01. The van der Waals surface area contributed by atoms with Gasteiger partial charge in [-0.15, -0.1) is 0 Å². The molecule has 1 aromatic rings. The lowest BCUT2D eigenvalue weighted by molar-refractivity contribution is 0.207. The molecule has 0 aliphatic carbocycles. The fraction of sp³-hybridized carbons (Fsp3) is 0.500. The zero-order chi connectivity index (χ0) is 10.6. The summed E-state index contributed by atoms with van der Waals surface area (Å²) >= 11 is 0. The number of halogens is 1. The number of nitrogens with zero attached hydrogens (tertiary/aromatic N) is 1. The number of anilines is 2. The van der Waals surface area contributed by atoms with Crippen LogP contribution in [0.1, 0.15) is 20.3 Å². The van der Waals surface area contributed by atoms with Crippen molar-refractivity contribution in [3.63, 3.8) is 0 Å². The molecule has 1 heterocycles. The molecule has 0 saturated heterocycles. The van der Waals surface area contributed by atoms with Gasteiger partial charge in [-0.05, 0) is 32.4 Å². The van der Waals surface area contributed by atoms with Gasteiger partial charge in [-0.1, -0.05) is 0 Å². The van der Waals surface area contributed by atoms with Crippen LogP contribution in [0.2, 0.25) is 0 Å². The predicted molar refractivity (Wildman–Crippen MR) is 56.9 cm³/mol.